The van der Waals surface area contributed by atoms with Crippen molar-refractivity contribution in [1.82, 2.24) is 19.4 Å². The van der Waals surface area contributed by atoms with Gasteiger partial charge in [-0.15, -0.1) is 0 Å². The molecule has 128 valence electrons. The van der Waals surface area contributed by atoms with Crippen LogP contribution in [0.2, 0.25) is 0 Å². The molecule has 2 aromatic rings. The van der Waals surface area contributed by atoms with Crippen LogP contribution in [-0.4, -0.2) is 38.4 Å². The second-order valence-corrected chi connectivity index (χ2v) is 7.17. The molecule has 1 aliphatic heterocycles. The summed E-state index contributed by atoms with van der Waals surface area (Å²) < 4.78 is 2.26. The van der Waals surface area contributed by atoms with Crippen LogP contribution in [-0.2, 0) is 11.3 Å². The van der Waals surface area contributed by atoms with Crippen molar-refractivity contribution >= 4 is 5.91 Å². The molecule has 0 aliphatic carbocycles. The molecule has 0 spiro atoms. The van der Waals surface area contributed by atoms with E-state index in [1.165, 1.54) is 0 Å². The lowest BCUT2D eigenvalue weighted by atomic mass is 10.1. The van der Waals surface area contributed by atoms with Gasteiger partial charge in [0.05, 0.1) is 0 Å². The molecule has 1 atom stereocenters. The van der Waals surface area contributed by atoms with Gasteiger partial charge in [0.15, 0.2) is 0 Å². The van der Waals surface area contributed by atoms with Crippen molar-refractivity contribution in [2.24, 2.45) is 11.8 Å². The van der Waals surface area contributed by atoms with Gasteiger partial charge in [0.2, 0.25) is 5.91 Å². The predicted octanol–water partition coefficient (Wildman–Crippen LogP) is 3.15. The second kappa shape index (κ2) is 7.16. The fraction of sp³-hybridized carbons (Fsp3) is 0.526. The first-order chi connectivity index (χ1) is 11.5. The maximum absolute atomic E-state index is 12.3. The van der Waals surface area contributed by atoms with Crippen molar-refractivity contribution in [3.63, 3.8) is 0 Å². The average molecular weight is 326 g/mol. The maximum Gasteiger partial charge on any atom is 0.222 e. The molecule has 1 fully saturated rings. The zero-order valence-corrected chi connectivity index (χ0v) is 14.8. The third-order valence-electron chi connectivity index (χ3n) is 4.64. The van der Waals surface area contributed by atoms with Crippen LogP contribution in [0.1, 0.15) is 32.4 Å². The third kappa shape index (κ3) is 3.66. The van der Waals surface area contributed by atoms with Crippen molar-refractivity contribution in [3.8, 4) is 11.4 Å². The number of pyridine rings is 1. The van der Waals surface area contributed by atoms with Crippen molar-refractivity contribution in [3.05, 3.63) is 36.4 Å². The van der Waals surface area contributed by atoms with Gasteiger partial charge in [-0.25, -0.2) is 4.98 Å². The van der Waals surface area contributed by atoms with E-state index in [9.17, 15) is 4.79 Å². The van der Waals surface area contributed by atoms with Crippen LogP contribution in [0.15, 0.2) is 30.7 Å². The van der Waals surface area contributed by atoms with Crippen LogP contribution in [0, 0.1) is 18.8 Å². The largest absolute Gasteiger partial charge is 0.342 e. The van der Waals surface area contributed by atoms with E-state index in [2.05, 4.69) is 35.3 Å². The Morgan fingerprint density at radius 1 is 1.38 bits per heavy atom. The van der Waals surface area contributed by atoms with Gasteiger partial charge in [-0.3, -0.25) is 9.78 Å². The summed E-state index contributed by atoms with van der Waals surface area (Å²) in [5.41, 5.74) is 2.19. The molecule has 5 heteroatoms. The minimum atomic E-state index is 0.294. The van der Waals surface area contributed by atoms with E-state index >= 15 is 0 Å². The number of imidazole rings is 1. The van der Waals surface area contributed by atoms with Crippen LogP contribution in [0.3, 0.4) is 0 Å². The first-order valence-corrected chi connectivity index (χ1v) is 8.75. The highest BCUT2D eigenvalue weighted by Crippen LogP contribution is 2.24. The molecule has 0 radical (unpaired) electrons. The molecule has 5 nitrogen and oxygen atoms in total. The van der Waals surface area contributed by atoms with E-state index in [-0.39, 0.29) is 0 Å². The number of amides is 1. The smallest absolute Gasteiger partial charge is 0.222 e. The highest BCUT2D eigenvalue weighted by atomic mass is 16.2. The molecule has 0 aromatic carbocycles. The minimum Gasteiger partial charge on any atom is -0.342 e. The first-order valence-electron chi connectivity index (χ1n) is 8.75. The van der Waals surface area contributed by atoms with Crippen LogP contribution < -0.4 is 0 Å². The van der Waals surface area contributed by atoms with Crippen molar-refractivity contribution < 1.29 is 4.79 Å². The first kappa shape index (κ1) is 16.7. The molecule has 0 bridgehead atoms. The Labute approximate surface area is 143 Å². The SMILES string of the molecule is Cc1cnc(-c2cccnc2)n1CC1CCN(C(=O)CC(C)C)C1. The summed E-state index contributed by atoms with van der Waals surface area (Å²) in [6.45, 7) is 8.92. The molecule has 1 aliphatic rings. The number of likely N-dealkylation sites (tertiary alicyclic amines) is 1. The van der Waals surface area contributed by atoms with Gasteiger partial charge in [-0.1, -0.05) is 13.8 Å². The van der Waals surface area contributed by atoms with E-state index in [1.54, 1.807) is 6.20 Å². The summed E-state index contributed by atoms with van der Waals surface area (Å²) >= 11 is 0. The van der Waals surface area contributed by atoms with Gasteiger partial charge in [0.1, 0.15) is 5.82 Å². The van der Waals surface area contributed by atoms with E-state index in [1.807, 2.05) is 29.4 Å². The summed E-state index contributed by atoms with van der Waals surface area (Å²) in [5.74, 6) is 2.17. The number of rotatable bonds is 5. The topological polar surface area (TPSA) is 51.0 Å². The van der Waals surface area contributed by atoms with Crippen LogP contribution in [0.4, 0.5) is 0 Å². The Kier molecular flexibility index (Phi) is 4.97. The highest BCUT2D eigenvalue weighted by molar-refractivity contribution is 5.76. The van der Waals surface area contributed by atoms with Gasteiger partial charge in [-0.2, -0.15) is 0 Å². The summed E-state index contributed by atoms with van der Waals surface area (Å²) in [6.07, 6.45) is 7.26. The van der Waals surface area contributed by atoms with Gasteiger partial charge >= 0.3 is 0 Å². The molecular formula is C19H26N4O. The molecule has 1 unspecified atom stereocenters. The number of carbonyl (C=O) groups excluding carboxylic acids is 1. The molecular weight excluding hydrogens is 300 g/mol. The lowest BCUT2D eigenvalue weighted by Gasteiger charge is -2.19. The van der Waals surface area contributed by atoms with Gasteiger partial charge in [0.25, 0.3) is 0 Å². The molecule has 3 heterocycles. The standard InChI is InChI=1S/C19H26N4O/c1-14(2)9-18(24)22-8-6-16(12-22)13-23-15(3)10-21-19(23)17-5-4-7-20-11-17/h4-5,7,10-11,14,16H,6,8-9,12-13H2,1-3H3. The Bertz CT molecular complexity index is 693. The number of nitrogens with zero attached hydrogens (tertiary/aromatic N) is 4. The second-order valence-electron chi connectivity index (χ2n) is 7.17. The van der Waals surface area contributed by atoms with E-state index < -0.39 is 0 Å². The van der Waals surface area contributed by atoms with E-state index in [0.717, 1.165) is 43.1 Å². The number of hydrogen-bond donors (Lipinski definition) is 0. The molecule has 24 heavy (non-hydrogen) atoms. The van der Waals surface area contributed by atoms with E-state index in [0.29, 0.717) is 24.2 Å². The van der Waals surface area contributed by atoms with Gasteiger partial charge in [0, 0.05) is 55.9 Å². The quantitative estimate of drug-likeness (QED) is 0.848. The number of hydrogen-bond acceptors (Lipinski definition) is 3. The summed E-state index contributed by atoms with van der Waals surface area (Å²) in [5, 5.41) is 0. The molecule has 1 saturated heterocycles. The summed E-state index contributed by atoms with van der Waals surface area (Å²) in [6, 6.07) is 3.98. The Morgan fingerprint density at radius 3 is 2.92 bits per heavy atom. The summed E-state index contributed by atoms with van der Waals surface area (Å²) in [7, 11) is 0. The molecule has 1 amide bonds. The number of carbonyl (C=O) groups is 1. The van der Waals surface area contributed by atoms with Crippen LogP contribution in [0.5, 0.6) is 0 Å². The monoisotopic (exact) mass is 326 g/mol. The summed E-state index contributed by atoms with van der Waals surface area (Å²) in [4.78, 5) is 23.0. The van der Waals surface area contributed by atoms with Gasteiger partial charge in [-0.05, 0) is 37.3 Å². The average Bonchev–Trinajstić information content (AvgIpc) is 3.16. The predicted molar refractivity (Wildman–Crippen MR) is 94.3 cm³/mol. The molecule has 3 rings (SSSR count). The lowest BCUT2D eigenvalue weighted by molar-refractivity contribution is -0.131. The molecule has 0 saturated carbocycles. The molecule has 0 N–H and O–H groups in total. The molecule has 2 aromatic heterocycles. The fourth-order valence-electron chi connectivity index (χ4n) is 3.36. The highest BCUT2D eigenvalue weighted by Gasteiger charge is 2.27. The normalized spacial score (nSPS) is 17.7. The van der Waals surface area contributed by atoms with Crippen LogP contribution in [0.25, 0.3) is 11.4 Å². The number of aromatic nitrogens is 3. The van der Waals surface area contributed by atoms with E-state index in [4.69, 9.17) is 0 Å². The van der Waals surface area contributed by atoms with Crippen molar-refractivity contribution in [1.29, 1.82) is 0 Å². The third-order valence-corrected chi connectivity index (χ3v) is 4.64. The maximum atomic E-state index is 12.3. The van der Waals surface area contributed by atoms with Gasteiger partial charge < -0.3 is 9.47 Å². The Hall–Kier alpha value is -2.17. The van der Waals surface area contributed by atoms with Crippen molar-refractivity contribution in [2.75, 3.05) is 13.1 Å². The van der Waals surface area contributed by atoms with Crippen molar-refractivity contribution in [2.45, 2.75) is 40.2 Å². The Balaban J connectivity index is 1.70. The lowest BCUT2D eigenvalue weighted by Crippen LogP contribution is -2.30. The zero-order valence-electron chi connectivity index (χ0n) is 14.8. The fourth-order valence-corrected chi connectivity index (χ4v) is 3.36. The minimum absolute atomic E-state index is 0.294. The van der Waals surface area contributed by atoms with Crippen LogP contribution >= 0.6 is 0 Å². The number of aryl methyl sites for hydroxylation is 1. The Morgan fingerprint density at radius 2 is 2.21 bits per heavy atom. The zero-order chi connectivity index (χ0) is 17.1.